The number of unbranched alkanes of at least 4 members (excludes halogenated alkanes) is 28. The Hall–Kier alpha value is -0.800. The van der Waals surface area contributed by atoms with Crippen molar-refractivity contribution in [1.29, 1.82) is 0 Å². The van der Waals surface area contributed by atoms with Crippen LogP contribution in [0.3, 0.4) is 0 Å². The fraction of sp³-hybridized carbons (Fsp3) is 0.932. The van der Waals surface area contributed by atoms with Crippen LogP contribution in [0.1, 0.15) is 219 Å². The Kier molecular flexibility index (Phi) is 41.2. The highest BCUT2D eigenvalue weighted by atomic mass is 31.2. The van der Waals surface area contributed by atoms with Gasteiger partial charge in [-0.05, 0) is 38.5 Å². The second-order valence-electron chi connectivity index (χ2n) is 15.4. The Morgan fingerprint density at radius 2 is 0.944 bits per heavy atom. The molecule has 0 aromatic heterocycles. The lowest BCUT2D eigenvalue weighted by molar-refractivity contribution is -0.154. The van der Waals surface area contributed by atoms with E-state index in [1.807, 2.05) is 0 Å². The molecule has 0 fully saturated rings. The van der Waals surface area contributed by atoms with Crippen molar-refractivity contribution in [2.45, 2.75) is 232 Å². The molecule has 0 aliphatic rings. The summed E-state index contributed by atoms with van der Waals surface area (Å²) in [6.45, 7) is 3.55. The zero-order chi connectivity index (χ0) is 39.6. The summed E-state index contributed by atoms with van der Waals surface area (Å²) in [7, 11) is -4.51. The number of carbonyl (C=O) groups excluding carboxylic acids is 1. The van der Waals surface area contributed by atoms with Crippen molar-refractivity contribution in [3.8, 4) is 0 Å². The van der Waals surface area contributed by atoms with Crippen LogP contribution in [0.2, 0.25) is 0 Å². The van der Waals surface area contributed by atoms with Crippen molar-refractivity contribution in [3.63, 3.8) is 0 Å². The van der Waals surface area contributed by atoms with E-state index in [0.717, 1.165) is 38.5 Å². The molecule has 322 valence electrons. The van der Waals surface area contributed by atoms with Crippen LogP contribution in [0.4, 0.5) is 0 Å². The lowest BCUT2D eigenvalue weighted by Gasteiger charge is -2.20. The van der Waals surface area contributed by atoms with E-state index in [2.05, 4.69) is 26.0 Å². The zero-order valence-electron chi connectivity index (χ0n) is 35.2. The fourth-order valence-electron chi connectivity index (χ4n) is 6.47. The minimum atomic E-state index is -4.51. The summed E-state index contributed by atoms with van der Waals surface area (Å²) in [4.78, 5) is 22.6. The highest BCUT2D eigenvalue weighted by Gasteiger charge is 2.26. The molecule has 0 aliphatic carbocycles. The third-order valence-corrected chi connectivity index (χ3v) is 10.9. The molecule has 3 unspecified atom stereocenters. The summed E-state index contributed by atoms with van der Waals surface area (Å²) in [6, 6.07) is 0. The van der Waals surface area contributed by atoms with Crippen LogP contribution in [-0.4, -0.2) is 66.3 Å². The standard InChI is InChI=1S/C44H87O9P/c1-3-5-7-9-11-13-15-17-19-20-21-22-23-25-27-29-31-33-35-37-50-40-43(41-52-54(48,49)51-39-42(46)38-45)53-44(47)36-34-32-30-28-26-24-18-16-14-12-10-8-6-4-2/h19-20,42-43,45-46H,3-18,21-41H2,1-2H3,(H,48,49)/b20-19-. The van der Waals surface area contributed by atoms with E-state index in [9.17, 15) is 19.4 Å². The SMILES string of the molecule is CCCCCCCCC/C=C\CCCCCCCCCCOCC(COP(=O)(O)OCC(O)CO)OC(=O)CCCCCCCCCCCCCCCC. The van der Waals surface area contributed by atoms with E-state index in [4.69, 9.17) is 23.6 Å². The van der Waals surface area contributed by atoms with Crippen LogP contribution in [0, 0.1) is 0 Å². The minimum absolute atomic E-state index is 0.0528. The summed E-state index contributed by atoms with van der Waals surface area (Å²) >= 11 is 0. The molecular weight excluding hydrogens is 703 g/mol. The number of hydrogen-bond donors (Lipinski definition) is 3. The van der Waals surface area contributed by atoms with Gasteiger partial charge >= 0.3 is 13.8 Å². The molecule has 0 amide bonds. The maximum absolute atomic E-state index is 12.6. The molecule has 3 atom stereocenters. The Labute approximate surface area is 332 Å². The van der Waals surface area contributed by atoms with Crippen LogP contribution < -0.4 is 0 Å². The Balaban J connectivity index is 4.10. The van der Waals surface area contributed by atoms with Crippen molar-refractivity contribution >= 4 is 13.8 Å². The van der Waals surface area contributed by atoms with Gasteiger partial charge in [0.2, 0.25) is 0 Å². The number of allylic oxidation sites excluding steroid dienone is 2. The van der Waals surface area contributed by atoms with Gasteiger partial charge in [-0.2, -0.15) is 0 Å². The van der Waals surface area contributed by atoms with Crippen LogP contribution in [0.15, 0.2) is 12.2 Å². The molecule has 0 aromatic rings. The monoisotopic (exact) mass is 791 g/mol. The lowest BCUT2D eigenvalue weighted by atomic mass is 10.0. The molecule has 0 heterocycles. The number of rotatable bonds is 44. The van der Waals surface area contributed by atoms with E-state index in [0.29, 0.717) is 6.61 Å². The lowest BCUT2D eigenvalue weighted by Crippen LogP contribution is -2.29. The molecule has 3 N–H and O–H groups in total. The smallest absolute Gasteiger partial charge is 0.457 e. The van der Waals surface area contributed by atoms with E-state index in [1.54, 1.807) is 0 Å². The molecule has 0 aliphatic heterocycles. The first-order valence-corrected chi connectivity index (χ1v) is 24.2. The van der Waals surface area contributed by atoms with Gasteiger partial charge in [-0.1, -0.05) is 187 Å². The van der Waals surface area contributed by atoms with Gasteiger partial charge in [0.25, 0.3) is 0 Å². The summed E-state index contributed by atoms with van der Waals surface area (Å²) < 4.78 is 33.4. The van der Waals surface area contributed by atoms with Crippen LogP contribution in [0.25, 0.3) is 0 Å². The molecule has 0 rings (SSSR count). The quantitative estimate of drug-likeness (QED) is 0.0239. The summed E-state index contributed by atoms with van der Waals surface area (Å²) in [6.07, 6.45) is 41.7. The number of phosphoric acid groups is 1. The number of aliphatic hydroxyl groups excluding tert-OH is 2. The maximum atomic E-state index is 12.6. The van der Waals surface area contributed by atoms with Crippen molar-refractivity contribution in [3.05, 3.63) is 12.2 Å². The van der Waals surface area contributed by atoms with Crippen molar-refractivity contribution < 1.29 is 43.0 Å². The largest absolute Gasteiger partial charge is 0.472 e. The van der Waals surface area contributed by atoms with Gasteiger partial charge in [0, 0.05) is 13.0 Å². The second-order valence-corrected chi connectivity index (χ2v) is 16.9. The topological polar surface area (TPSA) is 132 Å². The number of ether oxygens (including phenoxy) is 2. The van der Waals surface area contributed by atoms with Gasteiger partial charge in [-0.15, -0.1) is 0 Å². The van der Waals surface area contributed by atoms with E-state index < -0.39 is 33.2 Å². The van der Waals surface area contributed by atoms with Gasteiger partial charge in [0.05, 0.1) is 26.4 Å². The number of phosphoric ester groups is 1. The molecule has 0 spiro atoms. The predicted molar refractivity (Wildman–Crippen MR) is 224 cm³/mol. The average molecular weight is 791 g/mol. The molecule has 0 saturated heterocycles. The minimum Gasteiger partial charge on any atom is -0.457 e. The van der Waals surface area contributed by atoms with Crippen molar-refractivity contribution in [2.24, 2.45) is 0 Å². The third-order valence-electron chi connectivity index (χ3n) is 9.95. The van der Waals surface area contributed by atoms with E-state index in [1.165, 1.54) is 161 Å². The number of aliphatic hydroxyl groups is 2. The Morgan fingerprint density at radius 3 is 1.39 bits per heavy atom. The molecule has 0 aromatic carbocycles. The highest BCUT2D eigenvalue weighted by Crippen LogP contribution is 2.43. The van der Waals surface area contributed by atoms with Crippen LogP contribution in [0.5, 0.6) is 0 Å². The molecule has 0 saturated carbocycles. The number of esters is 1. The second kappa shape index (κ2) is 41.8. The zero-order valence-corrected chi connectivity index (χ0v) is 36.1. The number of hydrogen-bond acceptors (Lipinski definition) is 8. The summed E-state index contributed by atoms with van der Waals surface area (Å²) in [5.41, 5.74) is 0. The molecule has 10 heteroatoms. The maximum Gasteiger partial charge on any atom is 0.472 e. The first-order valence-electron chi connectivity index (χ1n) is 22.7. The average Bonchev–Trinajstić information content (AvgIpc) is 3.16. The van der Waals surface area contributed by atoms with Crippen molar-refractivity contribution in [2.75, 3.05) is 33.0 Å². The van der Waals surface area contributed by atoms with E-state index >= 15 is 0 Å². The first-order chi connectivity index (χ1) is 26.3. The van der Waals surface area contributed by atoms with Gasteiger partial charge in [0.1, 0.15) is 12.2 Å². The Bertz CT molecular complexity index is 856. The van der Waals surface area contributed by atoms with E-state index in [-0.39, 0.29) is 25.6 Å². The molecule has 0 radical (unpaired) electrons. The molecular formula is C44H87O9P. The summed E-state index contributed by atoms with van der Waals surface area (Å²) in [5.74, 6) is -0.380. The van der Waals surface area contributed by atoms with Crippen LogP contribution >= 0.6 is 7.82 Å². The van der Waals surface area contributed by atoms with Gasteiger partial charge in [0.15, 0.2) is 0 Å². The third kappa shape index (κ3) is 40.9. The molecule has 9 nitrogen and oxygen atoms in total. The summed E-state index contributed by atoms with van der Waals surface area (Å²) in [5, 5.41) is 18.3. The first kappa shape index (κ1) is 53.2. The van der Waals surface area contributed by atoms with Gasteiger partial charge in [-0.3, -0.25) is 13.8 Å². The Morgan fingerprint density at radius 1 is 0.556 bits per heavy atom. The normalized spacial score (nSPS) is 14.1. The van der Waals surface area contributed by atoms with Gasteiger partial charge < -0.3 is 24.6 Å². The number of carbonyl (C=O) groups is 1. The molecule has 0 bridgehead atoms. The van der Waals surface area contributed by atoms with Gasteiger partial charge in [-0.25, -0.2) is 4.57 Å². The molecule has 54 heavy (non-hydrogen) atoms. The fourth-order valence-corrected chi connectivity index (χ4v) is 7.26. The predicted octanol–water partition coefficient (Wildman–Crippen LogP) is 12.5. The highest BCUT2D eigenvalue weighted by molar-refractivity contribution is 7.47. The van der Waals surface area contributed by atoms with Crippen molar-refractivity contribution in [1.82, 2.24) is 0 Å². The van der Waals surface area contributed by atoms with Crippen LogP contribution in [-0.2, 0) is 27.9 Å².